The number of rotatable bonds is 3. The molecule has 0 unspecified atom stereocenters. The zero-order valence-electron chi connectivity index (χ0n) is 14.4. The Morgan fingerprint density at radius 2 is 1.14 bits per heavy atom. The van der Waals surface area contributed by atoms with Crippen LogP contribution in [0.15, 0.2) is 85.2 Å². The minimum absolute atomic E-state index is 0.243. The molecule has 4 aromatic rings. The molecule has 0 saturated heterocycles. The fourth-order valence-corrected chi connectivity index (χ4v) is 2.64. The van der Waals surface area contributed by atoms with Gasteiger partial charge in [-0.25, -0.2) is 4.98 Å². The van der Waals surface area contributed by atoms with Gasteiger partial charge in [-0.05, 0) is 59.7 Å². The van der Waals surface area contributed by atoms with Crippen molar-refractivity contribution in [1.29, 1.82) is 0 Å². The fourth-order valence-electron chi connectivity index (χ4n) is 2.64. The van der Waals surface area contributed by atoms with Crippen LogP contribution >= 0.6 is 20.2 Å². The molecule has 0 bridgehead atoms. The molecule has 0 spiro atoms. The molecule has 0 aliphatic rings. The van der Waals surface area contributed by atoms with E-state index in [-0.39, 0.29) is 5.75 Å². The van der Waals surface area contributed by atoms with E-state index < -0.39 is 0 Å². The third-order valence-corrected chi connectivity index (χ3v) is 3.88. The number of pyridine rings is 3. The summed E-state index contributed by atoms with van der Waals surface area (Å²) in [5.41, 5.74) is 5.17. The topological polar surface area (TPSA) is 58.9 Å². The Bertz CT molecular complexity index is 959. The Morgan fingerprint density at radius 1 is 0.643 bits per heavy atom. The Kier molecular flexibility index (Phi) is 7.40. The number of nitrogens with zero attached hydrogens (tertiary/aromatic N) is 3. The van der Waals surface area contributed by atoms with E-state index in [0.717, 1.165) is 47.0 Å². The van der Waals surface area contributed by atoms with Gasteiger partial charge in [0.05, 0.1) is 22.8 Å². The normalized spacial score (nSPS) is 10.2. The third kappa shape index (κ3) is 5.31. The summed E-state index contributed by atoms with van der Waals surface area (Å²) < 4.78 is 0. The van der Waals surface area contributed by atoms with E-state index in [0.29, 0.717) is 0 Å². The number of phenolic OH excluding ortho intramolecular Hbond substituents is 1. The minimum atomic E-state index is 0.243. The van der Waals surface area contributed by atoms with Crippen molar-refractivity contribution in [1.82, 2.24) is 15.0 Å². The molecule has 3 aromatic heterocycles. The number of hydrogen-bond donors (Lipinski definition) is 1. The SMILES string of the molecule is Oc1ccc(-c2cc(-c3ccccn3)nc(-c3ccccn3)c2)cc1.[Cl][Cu][Cl]. The molecular formula is C21H15Cl2CuN3O. The van der Waals surface area contributed by atoms with Crippen molar-refractivity contribution in [2.45, 2.75) is 0 Å². The third-order valence-electron chi connectivity index (χ3n) is 3.88. The van der Waals surface area contributed by atoms with Crippen LogP contribution in [0.4, 0.5) is 0 Å². The van der Waals surface area contributed by atoms with Gasteiger partial charge in [-0.3, -0.25) is 9.97 Å². The van der Waals surface area contributed by atoms with Crippen LogP contribution in [-0.2, 0) is 13.1 Å². The van der Waals surface area contributed by atoms with Crippen molar-refractivity contribution < 1.29 is 18.2 Å². The van der Waals surface area contributed by atoms with Crippen molar-refractivity contribution in [3.63, 3.8) is 0 Å². The van der Waals surface area contributed by atoms with Gasteiger partial charge in [0.25, 0.3) is 0 Å². The second-order valence-electron chi connectivity index (χ2n) is 5.65. The molecule has 4 rings (SSSR count). The first-order valence-corrected chi connectivity index (χ1v) is 10.8. The molecular weight excluding hydrogens is 445 g/mol. The van der Waals surface area contributed by atoms with Gasteiger partial charge in [0.15, 0.2) is 0 Å². The molecule has 0 aliphatic heterocycles. The van der Waals surface area contributed by atoms with Crippen molar-refractivity contribution in [2.24, 2.45) is 0 Å². The van der Waals surface area contributed by atoms with Crippen LogP contribution < -0.4 is 0 Å². The monoisotopic (exact) mass is 458 g/mol. The molecule has 0 aliphatic carbocycles. The average Bonchev–Trinajstić information content (AvgIpc) is 2.76. The molecule has 0 radical (unpaired) electrons. The molecule has 0 atom stereocenters. The molecule has 4 nitrogen and oxygen atoms in total. The maximum absolute atomic E-state index is 9.54. The number of hydrogen-bond acceptors (Lipinski definition) is 4. The van der Waals surface area contributed by atoms with Crippen molar-refractivity contribution in [2.75, 3.05) is 0 Å². The molecule has 0 saturated carbocycles. The van der Waals surface area contributed by atoms with Gasteiger partial charge >= 0.3 is 33.3 Å². The van der Waals surface area contributed by atoms with Crippen LogP contribution in [0, 0.1) is 0 Å². The van der Waals surface area contributed by atoms with E-state index in [1.165, 1.54) is 0 Å². The van der Waals surface area contributed by atoms with E-state index in [2.05, 4.69) is 30.2 Å². The molecule has 0 fully saturated rings. The van der Waals surface area contributed by atoms with E-state index in [9.17, 15) is 5.11 Å². The van der Waals surface area contributed by atoms with Gasteiger partial charge < -0.3 is 5.11 Å². The van der Waals surface area contributed by atoms with E-state index in [1.54, 1.807) is 24.5 Å². The van der Waals surface area contributed by atoms with E-state index >= 15 is 0 Å². The molecule has 7 heteroatoms. The first-order chi connectivity index (χ1) is 13.7. The number of aromatic nitrogens is 3. The van der Waals surface area contributed by atoms with Crippen LogP contribution in [0.1, 0.15) is 0 Å². The standard InChI is InChI=1S/C21H15N3O.2ClH.Cu/c25-17-9-7-15(8-10-17)16-13-20(18-5-1-3-11-22-18)24-21(14-16)19-6-2-4-12-23-19;;;/h1-14,25H;2*1H;/q;;;+2/p-2. The van der Waals surface area contributed by atoms with Crippen LogP contribution in [0.25, 0.3) is 33.9 Å². The predicted molar refractivity (Wildman–Crippen MR) is 110 cm³/mol. The molecule has 3 heterocycles. The summed E-state index contributed by atoms with van der Waals surface area (Å²) in [7, 11) is 9.34. The molecule has 1 N–H and O–H groups in total. The first kappa shape index (κ1) is 20.3. The molecule has 1 aromatic carbocycles. The Balaban J connectivity index is 0.000000706. The van der Waals surface area contributed by atoms with Crippen LogP contribution in [0.5, 0.6) is 5.75 Å². The Hall–Kier alpha value is -2.43. The van der Waals surface area contributed by atoms with Gasteiger partial charge in [0.1, 0.15) is 5.75 Å². The van der Waals surface area contributed by atoms with Gasteiger partial charge in [-0.1, -0.05) is 24.3 Å². The molecule has 0 amide bonds. The van der Waals surface area contributed by atoms with Gasteiger partial charge in [-0.2, -0.15) is 0 Å². The van der Waals surface area contributed by atoms with Gasteiger partial charge in [0.2, 0.25) is 0 Å². The zero-order chi connectivity index (χ0) is 19.8. The van der Waals surface area contributed by atoms with Crippen LogP contribution in [-0.4, -0.2) is 20.1 Å². The first-order valence-electron chi connectivity index (χ1n) is 8.17. The number of benzene rings is 1. The second kappa shape index (κ2) is 10.2. The maximum atomic E-state index is 9.54. The van der Waals surface area contributed by atoms with Crippen molar-refractivity contribution in [3.8, 4) is 39.7 Å². The average molecular weight is 460 g/mol. The Morgan fingerprint density at radius 3 is 1.57 bits per heavy atom. The summed E-state index contributed by atoms with van der Waals surface area (Å²) in [6.07, 6.45) is 3.51. The number of halogens is 2. The summed E-state index contributed by atoms with van der Waals surface area (Å²) in [4.78, 5) is 13.6. The van der Waals surface area contributed by atoms with E-state index in [1.807, 2.05) is 60.7 Å². The molecule has 28 heavy (non-hydrogen) atoms. The molecule has 145 valence electrons. The summed E-state index contributed by atoms with van der Waals surface area (Å²) >= 11 is 0.757. The number of phenols is 1. The fraction of sp³-hybridized carbons (Fsp3) is 0. The zero-order valence-corrected chi connectivity index (χ0v) is 16.9. The summed E-state index contributed by atoms with van der Waals surface area (Å²) in [5.74, 6) is 0.243. The Labute approximate surface area is 177 Å². The van der Waals surface area contributed by atoms with Crippen LogP contribution in [0.3, 0.4) is 0 Å². The summed E-state index contributed by atoms with van der Waals surface area (Å²) in [6.45, 7) is 0. The second-order valence-corrected chi connectivity index (χ2v) is 7.20. The van der Waals surface area contributed by atoms with Crippen molar-refractivity contribution >= 4 is 20.2 Å². The summed E-state index contributed by atoms with van der Waals surface area (Å²) in [5, 5.41) is 9.54. The number of aromatic hydroxyl groups is 1. The van der Waals surface area contributed by atoms with E-state index in [4.69, 9.17) is 4.98 Å². The predicted octanol–water partition coefficient (Wildman–Crippen LogP) is 5.95. The van der Waals surface area contributed by atoms with Gasteiger partial charge in [0, 0.05) is 12.4 Å². The quantitative estimate of drug-likeness (QED) is 0.384. The summed E-state index contributed by atoms with van der Waals surface area (Å²) in [6, 6.07) is 22.6. The van der Waals surface area contributed by atoms with Crippen LogP contribution in [0.2, 0.25) is 0 Å². The van der Waals surface area contributed by atoms with Gasteiger partial charge in [-0.15, -0.1) is 0 Å². The van der Waals surface area contributed by atoms with Crippen molar-refractivity contribution in [3.05, 3.63) is 85.2 Å².